The van der Waals surface area contributed by atoms with Gasteiger partial charge in [-0.15, -0.1) is 0 Å². The van der Waals surface area contributed by atoms with Crippen LogP contribution in [-0.2, 0) is 12.8 Å². The predicted molar refractivity (Wildman–Crippen MR) is 111 cm³/mol. The van der Waals surface area contributed by atoms with Crippen LogP contribution >= 0.6 is 0 Å². The average molecular weight is 362 g/mol. The maximum absolute atomic E-state index is 5.19. The van der Waals surface area contributed by atoms with E-state index >= 15 is 0 Å². The number of aryl methyl sites for hydroxylation is 1. The summed E-state index contributed by atoms with van der Waals surface area (Å²) in [5, 5.41) is 6.71. The van der Waals surface area contributed by atoms with Gasteiger partial charge in [-0.25, -0.2) is 4.98 Å². The molecule has 0 aliphatic heterocycles. The summed E-state index contributed by atoms with van der Waals surface area (Å²) in [4.78, 5) is 9.05. The number of nitrogens with zero attached hydrogens (tertiary/aromatic N) is 2. The Bertz CT molecular complexity index is 835. The second kappa shape index (κ2) is 9.57. The minimum Gasteiger partial charge on any atom is -0.497 e. The van der Waals surface area contributed by atoms with Crippen LogP contribution in [0.1, 0.15) is 16.8 Å². The topological polar surface area (TPSA) is 59.1 Å². The molecular weight excluding hydrogens is 336 g/mol. The standard InChI is InChI=1S/C22H26N4O/c1-17-16-21(23-14-12-18-6-4-3-5-7-18)26-22(25-17)24-15-13-19-8-10-20(27-2)11-9-19/h3-11,16H,12-15H2,1-2H3,(H2,23,24,25,26). The van der Waals surface area contributed by atoms with Gasteiger partial charge in [0.05, 0.1) is 7.11 Å². The number of aromatic nitrogens is 2. The van der Waals surface area contributed by atoms with E-state index in [2.05, 4.69) is 57.0 Å². The molecular formula is C22H26N4O. The third-order valence-corrected chi connectivity index (χ3v) is 4.27. The van der Waals surface area contributed by atoms with Gasteiger partial charge in [0.1, 0.15) is 11.6 Å². The van der Waals surface area contributed by atoms with Gasteiger partial charge in [0.15, 0.2) is 0 Å². The van der Waals surface area contributed by atoms with E-state index in [0.29, 0.717) is 5.95 Å². The summed E-state index contributed by atoms with van der Waals surface area (Å²) in [6, 6.07) is 20.5. The number of anilines is 2. The van der Waals surface area contributed by atoms with Crippen molar-refractivity contribution in [3.05, 3.63) is 77.5 Å². The second-order valence-electron chi connectivity index (χ2n) is 6.41. The zero-order chi connectivity index (χ0) is 18.9. The Morgan fingerprint density at radius 3 is 2.19 bits per heavy atom. The van der Waals surface area contributed by atoms with E-state index in [-0.39, 0.29) is 0 Å². The molecule has 2 N–H and O–H groups in total. The summed E-state index contributed by atoms with van der Waals surface area (Å²) in [6.07, 6.45) is 1.86. The lowest BCUT2D eigenvalue weighted by atomic mass is 10.1. The molecule has 1 heterocycles. The Morgan fingerprint density at radius 1 is 0.815 bits per heavy atom. The Labute approximate surface area is 160 Å². The molecule has 0 radical (unpaired) electrons. The average Bonchev–Trinajstić information content (AvgIpc) is 2.69. The molecule has 0 saturated carbocycles. The van der Waals surface area contributed by atoms with Crippen molar-refractivity contribution in [1.29, 1.82) is 0 Å². The summed E-state index contributed by atoms with van der Waals surface area (Å²) in [5.41, 5.74) is 3.50. The molecule has 140 valence electrons. The van der Waals surface area contributed by atoms with E-state index in [9.17, 15) is 0 Å². The highest BCUT2D eigenvalue weighted by Crippen LogP contribution is 2.13. The number of hydrogen-bond donors (Lipinski definition) is 2. The molecule has 0 atom stereocenters. The number of nitrogens with one attached hydrogen (secondary N) is 2. The van der Waals surface area contributed by atoms with Gasteiger partial charge >= 0.3 is 0 Å². The van der Waals surface area contributed by atoms with Crippen molar-refractivity contribution in [1.82, 2.24) is 9.97 Å². The quantitative estimate of drug-likeness (QED) is 0.600. The van der Waals surface area contributed by atoms with Crippen molar-refractivity contribution < 1.29 is 4.74 Å². The third kappa shape index (κ3) is 5.99. The lowest BCUT2D eigenvalue weighted by Gasteiger charge is -2.10. The number of benzene rings is 2. The molecule has 27 heavy (non-hydrogen) atoms. The maximum atomic E-state index is 5.19. The number of ether oxygens (including phenoxy) is 1. The molecule has 3 rings (SSSR count). The summed E-state index contributed by atoms with van der Waals surface area (Å²) in [5.74, 6) is 2.39. The number of hydrogen-bond acceptors (Lipinski definition) is 5. The van der Waals surface area contributed by atoms with Crippen molar-refractivity contribution >= 4 is 11.8 Å². The molecule has 3 aromatic rings. The first-order chi connectivity index (χ1) is 13.2. The highest BCUT2D eigenvalue weighted by Gasteiger charge is 2.03. The first-order valence-electron chi connectivity index (χ1n) is 9.23. The molecule has 0 amide bonds. The van der Waals surface area contributed by atoms with Crippen molar-refractivity contribution in [3.8, 4) is 5.75 Å². The summed E-state index contributed by atoms with van der Waals surface area (Å²) in [7, 11) is 1.68. The molecule has 0 unspecified atom stereocenters. The molecule has 0 fully saturated rings. The van der Waals surface area contributed by atoms with Gasteiger partial charge in [-0.05, 0) is 43.0 Å². The Kier molecular flexibility index (Phi) is 6.63. The molecule has 0 aliphatic rings. The zero-order valence-electron chi connectivity index (χ0n) is 15.9. The Morgan fingerprint density at radius 2 is 1.48 bits per heavy atom. The van der Waals surface area contributed by atoms with Crippen LogP contribution in [0.4, 0.5) is 11.8 Å². The highest BCUT2D eigenvalue weighted by molar-refractivity contribution is 5.42. The molecule has 0 bridgehead atoms. The first-order valence-corrected chi connectivity index (χ1v) is 9.23. The molecule has 0 spiro atoms. The monoisotopic (exact) mass is 362 g/mol. The van der Waals surface area contributed by atoms with Crippen LogP contribution in [0.15, 0.2) is 60.7 Å². The van der Waals surface area contributed by atoms with Crippen LogP contribution in [0, 0.1) is 6.92 Å². The number of methoxy groups -OCH3 is 1. The first kappa shape index (κ1) is 18.7. The molecule has 1 aromatic heterocycles. The van der Waals surface area contributed by atoms with Crippen molar-refractivity contribution in [3.63, 3.8) is 0 Å². The van der Waals surface area contributed by atoms with Gasteiger partial charge < -0.3 is 15.4 Å². The summed E-state index contributed by atoms with van der Waals surface area (Å²) in [6.45, 7) is 3.60. The normalized spacial score (nSPS) is 10.4. The van der Waals surface area contributed by atoms with E-state index in [1.54, 1.807) is 7.11 Å². The molecule has 0 aliphatic carbocycles. The van der Waals surface area contributed by atoms with Crippen molar-refractivity contribution in [2.45, 2.75) is 19.8 Å². The molecule has 5 heteroatoms. The van der Waals surface area contributed by atoms with Crippen LogP contribution in [0.5, 0.6) is 5.75 Å². The summed E-state index contributed by atoms with van der Waals surface area (Å²) >= 11 is 0. The predicted octanol–water partition coefficient (Wildman–Crippen LogP) is 4.10. The van der Waals surface area contributed by atoms with Crippen molar-refractivity contribution in [2.75, 3.05) is 30.8 Å². The van der Waals surface area contributed by atoms with Crippen LogP contribution in [0.2, 0.25) is 0 Å². The van der Waals surface area contributed by atoms with Gasteiger partial charge in [-0.3, -0.25) is 0 Å². The molecule has 2 aromatic carbocycles. The fraction of sp³-hybridized carbons (Fsp3) is 0.273. The van der Waals surface area contributed by atoms with E-state index < -0.39 is 0 Å². The smallest absolute Gasteiger partial charge is 0.224 e. The van der Waals surface area contributed by atoms with Crippen LogP contribution in [0.3, 0.4) is 0 Å². The van der Waals surface area contributed by atoms with Crippen molar-refractivity contribution in [2.24, 2.45) is 0 Å². The molecule has 0 saturated heterocycles. The van der Waals surface area contributed by atoms with Gasteiger partial charge in [0.25, 0.3) is 0 Å². The van der Waals surface area contributed by atoms with Gasteiger partial charge in [0.2, 0.25) is 5.95 Å². The minimum atomic E-state index is 0.658. The largest absolute Gasteiger partial charge is 0.497 e. The highest BCUT2D eigenvalue weighted by atomic mass is 16.5. The maximum Gasteiger partial charge on any atom is 0.224 e. The SMILES string of the molecule is COc1ccc(CCNc2nc(C)cc(NCCc3ccccc3)n2)cc1. The van der Waals surface area contributed by atoms with E-state index in [1.807, 2.05) is 31.2 Å². The van der Waals surface area contributed by atoms with Gasteiger partial charge in [-0.2, -0.15) is 4.98 Å². The fourth-order valence-electron chi connectivity index (χ4n) is 2.83. The minimum absolute atomic E-state index is 0.658. The van der Waals surface area contributed by atoms with Gasteiger partial charge in [0, 0.05) is 24.8 Å². The van der Waals surface area contributed by atoms with E-state index in [4.69, 9.17) is 4.74 Å². The Balaban J connectivity index is 1.50. The summed E-state index contributed by atoms with van der Waals surface area (Å²) < 4.78 is 5.19. The number of rotatable bonds is 9. The fourth-order valence-corrected chi connectivity index (χ4v) is 2.83. The Hall–Kier alpha value is -3.08. The van der Waals surface area contributed by atoms with Crippen LogP contribution in [-0.4, -0.2) is 30.2 Å². The third-order valence-electron chi connectivity index (χ3n) is 4.27. The second-order valence-corrected chi connectivity index (χ2v) is 6.41. The molecule has 5 nitrogen and oxygen atoms in total. The lowest BCUT2D eigenvalue weighted by Crippen LogP contribution is -2.12. The van der Waals surface area contributed by atoms with E-state index in [1.165, 1.54) is 11.1 Å². The lowest BCUT2D eigenvalue weighted by molar-refractivity contribution is 0.414. The van der Waals surface area contributed by atoms with E-state index in [0.717, 1.165) is 43.2 Å². The van der Waals surface area contributed by atoms with Crippen LogP contribution in [0.25, 0.3) is 0 Å². The van der Waals surface area contributed by atoms with Crippen LogP contribution < -0.4 is 15.4 Å². The zero-order valence-corrected chi connectivity index (χ0v) is 15.9. The van der Waals surface area contributed by atoms with Gasteiger partial charge in [-0.1, -0.05) is 42.5 Å².